The van der Waals surface area contributed by atoms with Gasteiger partial charge in [0.25, 0.3) is 5.91 Å². The Morgan fingerprint density at radius 1 is 1.45 bits per heavy atom. The molecule has 0 spiro atoms. The lowest BCUT2D eigenvalue weighted by atomic mass is 10.2. The van der Waals surface area contributed by atoms with E-state index in [1.165, 1.54) is 7.05 Å². The summed E-state index contributed by atoms with van der Waals surface area (Å²) in [6.07, 6.45) is 0.143. The minimum Gasteiger partial charge on any atom is -0.328 e. The van der Waals surface area contributed by atoms with Crippen LogP contribution in [-0.2, 0) is 16.1 Å². The number of hydrogen-bond acceptors (Lipinski definition) is 4. The maximum Gasteiger partial charge on any atom is 0.252 e. The number of imide groups is 1. The number of hydrogen-bond donors (Lipinski definition) is 1. The van der Waals surface area contributed by atoms with Gasteiger partial charge in [0, 0.05) is 13.6 Å². The maximum absolute atomic E-state index is 12.2. The Morgan fingerprint density at radius 2 is 2.15 bits per heavy atom. The molecular weight excluding hydrogens is 278 g/mol. The molecule has 0 aromatic carbocycles. The number of aromatic amines is 1. The molecule has 1 N–H and O–H groups in total. The molecule has 1 aliphatic heterocycles. The molecule has 0 aliphatic carbocycles. The number of imidazole rings is 1. The average Bonchev–Trinajstić information content (AvgIpc) is 2.98. The largest absolute Gasteiger partial charge is 0.328 e. The molecule has 1 unspecified atom stereocenters. The van der Waals surface area contributed by atoms with Crippen molar-refractivity contribution >= 4 is 35.2 Å². The van der Waals surface area contributed by atoms with Crippen molar-refractivity contribution in [1.29, 1.82) is 0 Å². The third kappa shape index (κ3) is 1.57. The summed E-state index contributed by atoms with van der Waals surface area (Å²) in [5.41, 5.74) is 2.43. The molecule has 2 aromatic rings. The lowest BCUT2D eigenvalue weighted by Gasteiger charge is -2.12. The van der Waals surface area contributed by atoms with Crippen LogP contribution in [0.1, 0.15) is 25.1 Å². The second-order valence-corrected chi connectivity index (χ2v) is 5.30. The zero-order valence-electron chi connectivity index (χ0n) is 11.5. The molecule has 8 heteroatoms. The van der Waals surface area contributed by atoms with E-state index in [0.717, 1.165) is 21.8 Å². The Hall–Kier alpha value is -1.96. The van der Waals surface area contributed by atoms with Crippen LogP contribution in [0.25, 0.3) is 11.2 Å². The Labute approximate surface area is 120 Å². The zero-order valence-corrected chi connectivity index (χ0v) is 12.3. The molecule has 1 atom stereocenters. The number of nitrogens with one attached hydrogen (secondary N) is 1. The number of carbonyl (C=O) groups excluding carboxylic acids is 2. The van der Waals surface area contributed by atoms with Crippen molar-refractivity contribution in [1.82, 2.24) is 24.2 Å². The van der Waals surface area contributed by atoms with Gasteiger partial charge in [0.05, 0.1) is 12.1 Å². The third-order valence-corrected chi connectivity index (χ3v) is 4.05. The molecule has 1 fully saturated rings. The predicted molar refractivity (Wildman–Crippen MR) is 74.7 cm³/mol. The first-order valence-electron chi connectivity index (χ1n) is 6.43. The van der Waals surface area contributed by atoms with Crippen LogP contribution in [0.4, 0.5) is 0 Å². The number of H-pyrrole nitrogens is 1. The second-order valence-electron chi connectivity index (χ2n) is 4.91. The molecule has 2 amide bonds. The van der Waals surface area contributed by atoms with Crippen molar-refractivity contribution in [3.05, 3.63) is 10.5 Å². The normalized spacial score (nSPS) is 19.6. The van der Waals surface area contributed by atoms with Gasteiger partial charge >= 0.3 is 0 Å². The molecule has 1 saturated heterocycles. The number of aryl methyl sites for hydroxylation is 2. The lowest BCUT2D eigenvalue weighted by Crippen LogP contribution is -2.27. The topological polar surface area (TPSA) is 75.9 Å². The van der Waals surface area contributed by atoms with Crippen LogP contribution in [0.2, 0.25) is 0 Å². The Kier molecular flexibility index (Phi) is 2.79. The van der Waals surface area contributed by atoms with Gasteiger partial charge in [-0.3, -0.25) is 19.1 Å². The van der Waals surface area contributed by atoms with Gasteiger partial charge in [-0.2, -0.15) is 5.10 Å². The van der Waals surface area contributed by atoms with Crippen LogP contribution in [0.5, 0.6) is 0 Å². The van der Waals surface area contributed by atoms with E-state index in [1.807, 2.05) is 13.8 Å². The predicted octanol–water partition coefficient (Wildman–Crippen LogP) is 1.15. The Morgan fingerprint density at radius 3 is 2.70 bits per heavy atom. The van der Waals surface area contributed by atoms with Crippen LogP contribution >= 0.6 is 12.2 Å². The summed E-state index contributed by atoms with van der Waals surface area (Å²) in [7, 11) is 1.50. The van der Waals surface area contributed by atoms with Gasteiger partial charge in [0.15, 0.2) is 10.4 Å². The molecule has 2 aromatic heterocycles. The van der Waals surface area contributed by atoms with Crippen molar-refractivity contribution in [3.8, 4) is 0 Å². The van der Waals surface area contributed by atoms with Gasteiger partial charge in [-0.1, -0.05) is 0 Å². The summed E-state index contributed by atoms with van der Waals surface area (Å²) in [6, 6.07) is -0.574. The molecule has 3 rings (SSSR count). The molecule has 20 heavy (non-hydrogen) atoms. The molecule has 0 saturated carbocycles. The summed E-state index contributed by atoms with van der Waals surface area (Å²) in [5.74, 6) is -0.413. The highest BCUT2D eigenvalue weighted by molar-refractivity contribution is 7.71. The van der Waals surface area contributed by atoms with Crippen molar-refractivity contribution in [3.63, 3.8) is 0 Å². The van der Waals surface area contributed by atoms with Gasteiger partial charge in [0.2, 0.25) is 5.91 Å². The number of nitrogens with zero attached hydrogens (tertiary/aromatic N) is 4. The SMILES string of the molecule is CCn1nc(C)c2[nH]c(=S)n(C3CC(=O)N(C)C3=O)c21. The minimum absolute atomic E-state index is 0.143. The summed E-state index contributed by atoms with van der Waals surface area (Å²) in [6.45, 7) is 4.53. The molecule has 3 heterocycles. The quantitative estimate of drug-likeness (QED) is 0.666. The van der Waals surface area contributed by atoms with E-state index < -0.39 is 6.04 Å². The minimum atomic E-state index is -0.574. The number of rotatable bonds is 2. The standard InChI is InChI=1S/C12H15N5O2S/c1-4-16-10-9(6(2)14-16)13-12(20)17(10)7-5-8(18)15(3)11(7)19/h7H,4-5H2,1-3H3,(H,13,20). The first kappa shape index (κ1) is 13.0. The van der Waals surface area contributed by atoms with E-state index in [4.69, 9.17) is 12.2 Å². The third-order valence-electron chi connectivity index (χ3n) is 3.75. The average molecular weight is 293 g/mol. The number of likely N-dealkylation sites (tertiary alicyclic amines) is 1. The number of aromatic nitrogens is 4. The number of amides is 2. The highest BCUT2D eigenvalue weighted by Crippen LogP contribution is 2.29. The van der Waals surface area contributed by atoms with Gasteiger partial charge in [-0.15, -0.1) is 0 Å². The van der Waals surface area contributed by atoms with Crippen LogP contribution in [0, 0.1) is 11.7 Å². The van der Waals surface area contributed by atoms with Crippen LogP contribution < -0.4 is 0 Å². The van der Waals surface area contributed by atoms with Crippen molar-refractivity contribution in [2.45, 2.75) is 32.9 Å². The van der Waals surface area contributed by atoms with Gasteiger partial charge in [-0.25, -0.2) is 4.68 Å². The van der Waals surface area contributed by atoms with Crippen LogP contribution in [0.3, 0.4) is 0 Å². The monoisotopic (exact) mass is 293 g/mol. The fourth-order valence-corrected chi connectivity index (χ4v) is 2.99. The highest BCUT2D eigenvalue weighted by Gasteiger charge is 2.39. The Balaban J connectivity index is 2.26. The fourth-order valence-electron chi connectivity index (χ4n) is 2.67. The second kappa shape index (κ2) is 4.27. The molecule has 0 bridgehead atoms. The van der Waals surface area contributed by atoms with Gasteiger partial charge < -0.3 is 4.98 Å². The zero-order chi connectivity index (χ0) is 14.6. The van der Waals surface area contributed by atoms with E-state index in [-0.39, 0.29) is 18.2 Å². The van der Waals surface area contributed by atoms with E-state index in [9.17, 15) is 9.59 Å². The van der Waals surface area contributed by atoms with E-state index in [0.29, 0.717) is 11.3 Å². The lowest BCUT2D eigenvalue weighted by molar-refractivity contribution is -0.137. The highest BCUT2D eigenvalue weighted by atomic mass is 32.1. The van der Waals surface area contributed by atoms with Crippen molar-refractivity contribution in [2.24, 2.45) is 0 Å². The first-order valence-corrected chi connectivity index (χ1v) is 6.84. The molecule has 0 radical (unpaired) electrons. The number of likely N-dealkylation sites (N-methyl/N-ethyl adjacent to an activating group) is 1. The molecular formula is C12H15N5O2S. The first-order chi connectivity index (χ1) is 9.45. The van der Waals surface area contributed by atoms with Gasteiger partial charge in [-0.05, 0) is 26.1 Å². The Bertz CT molecular complexity index is 784. The van der Waals surface area contributed by atoms with Crippen LogP contribution in [-0.4, -0.2) is 43.1 Å². The van der Waals surface area contributed by atoms with Crippen LogP contribution in [0.15, 0.2) is 0 Å². The summed E-state index contributed by atoms with van der Waals surface area (Å²) in [5, 5.41) is 4.41. The molecule has 7 nitrogen and oxygen atoms in total. The van der Waals surface area contributed by atoms with E-state index >= 15 is 0 Å². The summed E-state index contributed by atoms with van der Waals surface area (Å²) < 4.78 is 3.97. The molecule has 1 aliphatic rings. The number of carbonyl (C=O) groups is 2. The maximum atomic E-state index is 12.2. The van der Waals surface area contributed by atoms with E-state index in [2.05, 4.69) is 10.1 Å². The van der Waals surface area contributed by atoms with Crippen molar-refractivity contribution < 1.29 is 9.59 Å². The van der Waals surface area contributed by atoms with Gasteiger partial charge in [0.1, 0.15) is 11.6 Å². The summed E-state index contributed by atoms with van der Waals surface area (Å²) >= 11 is 5.32. The summed E-state index contributed by atoms with van der Waals surface area (Å²) in [4.78, 5) is 28.2. The molecule has 106 valence electrons. The van der Waals surface area contributed by atoms with E-state index in [1.54, 1.807) is 9.25 Å². The fraction of sp³-hybridized carbons (Fsp3) is 0.500. The van der Waals surface area contributed by atoms with Crippen molar-refractivity contribution in [2.75, 3.05) is 7.05 Å². The number of fused-ring (bicyclic) bond motifs is 1. The smallest absolute Gasteiger partial charge is 0.252 e.